The van der Waals surface area contributed by atoms with E-state index >= 15 is 0 Å². The third kappa shape index (κ3) is 20.1. The van der Waals surface area contributed by atoms with E-state index in [1.165, 1.54) is 13.8 Å². The largest absolute Gasteiger partial charge is 0.463 e. The Morgan fingerprint density at radius 2 is 1.00 bits per heavy atom. The molecule has 0 aromatic heterocycles. The molecule has 0 atom stereocenters. The van der Waals surface area contributed by atoms with Gasteiger partial charge in [0, 0.05) is 13.8 Å². The highest BCUT2D eigenvalue weighted by atomic mass is 16.6. The minimum atomic E-state index is -0.318. The lowest BCUT2D eigenvalue weighted by molar-refractivity contribution is -0.144. The van der Waals surface area contributed by atoms with Gasteiger partial charge in [-0.1, -0.05) is 0 Å². The average molecular weight is 262 g/mol. The zero-order valence-electron chi connectivity index (χ0n) is 11.1. The molecule has 0 aromatic rings. The Kier molecular flexibility index (Phi) is 16.4. The Morgan fingerprint density at radius 1 is 0.722 bits per heavy atom. The van der Waals surface area contributed by atoms with E-state index < -0.39 is 0 Å². The molecule has 0 fully saturated rings. The van der Waals surface area contributed by atoms with Gasteiger partial charge in [-0.3, -0.25) is 9.59 Å². The lowest BCUT2D eigenvalue weighted by Crippen LogP contribution is -2.13. The summed E-state index contributed by atoms with van der Waals surface area (Å²) in [6.45, 7) is 10.7. The minimum absolute atomic E-state index is 0.253. The van der Waals surface area contributed by atoms with Crippen LogP contribution in [0.15, 0.2) is 13.2 Å². The standard InChI is InChI=1S/C10H18O6.C2H4/c1-9(11)15-7-5-13-3-4-14-6-8-16-10(2)12;1-2/h3-8H2,1-2H3;1-2H2. The highest BCUT2D eigenvalue weighted by Gasteiger charge is 1.94. The first kappa shape index (κ1) is 19.0. The van der Waals surface area contributed by atoms with Gasteiger partial charge in [-0.25, -0.2) is 0 Å². The monoisotopic (exact) mass is 262 g/mol. The van der Waals surface area contributed by atoms with Crippen molar-refractivity contribution in [3.63, 3.8) is 0 Å². The van der Waals surface area contributed by atoms with Crippen LogP contribution in [-0.2, 0) is 28.5 Å². The van der Waals surface area contributed by atoms with Crippen LogP contribution < -0.4 is 0 Å². The van der Waals surface area contributed by atoms with Crippen LogP contribution in [-0.4, -0.2) is 51.6 Å². The molecule has 0 aliphatic rings. The van der Waals surface area contributed by atoms with Gasteiger partial charge in [0.25, 0.3) is 0 Å². The third-order valence-corrected chi connectivity index (χ3v) is 1.44. The van der Waals surface area contributed by atoms with Crippen molar-refractivity contribution in [2.24, 2.45) is 0 Å². The molecule has 0 aliphatic heterocycles. The highest BCUT2D eigenvalue weighted by Crippen LogP contribution is 1.83. The molecular weight excluding hydrogens is 240 g/mol. The Labute approximate surface area is 108 Å². The number of ether oxygens (including phenoxy) is 4. The molecule has 0 radical (unpaired) electrons. The Hall–Kier alpha value is -1.40. The Bertz CT molecular complexity index is 195. The number of rotatable bonds is 9. The van der Waals surface area contributed by atoms with Crippen molar-refractivity contribution in [2.75, 3.05) is 39.6 Å². The second kappa shape index (κ2) is 15.6. The van der Waals surface area contributed by atoms with Crippen LogP contribution in [0.25, 0.3) is 0 Å². The normalized spacial score (nSPS) is 9.00. The van der Waals surface area contributed by atoms with Crippen LogP contribution in [0.2, 0.25) is 0 Å². The molecule has 6 nitrogen and oxygen atoms in total. The molecule has 18 heavy (non-hydrogen) atoms. The zero-order valence-corrected chi connectivity index (χ0v) is 11.1. The fraction of sp³-hybridized carbons (Fsp3) is 0.667. The molecule has 0 saturated heterocycles. The first-order chi connectivity index (χ1) is 8.63. The molecule has 106 valence electrons. The van der Waals surface area contributed by atoms with Crippen molar-refractivity contribution >= 4 is 11.9 Å². The summed E-state index contributed by atoms with van der Waals surface area (Å²) in [7, 11) is 0. The summed E-state index contributed by atoms with van der Waals surface area (Å²) < 4.78 is 19.5. The van der Waals surface area contributed by atoms with Gasteiger partial charge in [0.05, 0.1) is 26.4 Å². The second-order valence-corrected chi connectivity index (χ2v) is 2.90. The van der Waals surface area contributed by atoms with Gasteiger partial charge in [0.1, 0.15) is 13.2 Å². The summed E-state index contributed by atoms with van der Waals surface area (Å²) in [6, 6.07) is 0. The lowest BCUT2D eigenvalue weighted by atomic mass is 10.7. The maximum absolute atomic E-state index is 10.4. The predicted molar refractivity (Wildman–Crippen MR) is 66.2 cm³/mol. The predicted octanol–water partition coefficient (Wildman–Crippen LogP) is 0.948. The minimum Gasteiger partial charge on any atom is -0.463 e. The van der Waals surface area contributed by atoms with Gasteiger partial charge in [-0.05, 0) is 0 Å². The smallest absolute Gasteiger partial charge is 0.302 e. The average Bonchev–Trinajstić information content (AvgIpc) is 2.33. The van der Waals surface area contributed by atoms with Crippen molar-refractivity contribution in [1.82, 2.24) is 0 Å². The highest BCUT2D eigenvalue weighted by molar-refractivity contribution is 5.66. The number of carbonyl (C=O) groups is 2. The summed E-state index contributed by atoms with van der Waals surface area (Å²) >= 11 is 0. The molecule has 6 heteroatoms. The van der Waals surface area contributed by atoms with E-state index in [-0.39, 0.29) is 25.2 Å². The summed E-state index contributed by atoms with van der Waals surface area (Å²) in [5, 5.41) is 0. The van der Waals surface area contributed by atoms with Gasteiger partial charge in [-0.2, -0.15) is 0 Å². The molecule has 0 saturated carbocycles. The molecular formula is C12H22O6. The summed E-state index contributed by atoms with van der Waals surface area (Å²) in [5.74, 6) is -0.637. The van der Waals surface area contributed by atoms with E-state index in [0.29, 0.717) is 26.4 Å². The molecule has 0 unspecified atom stereocenters. The van der Waals surface area contributed by atoms with Crippen LogP contribution in [0.1, 0.15) is 13.8 Å². The van der Waals surface area contributed by atoms with E-state index in [2.05, 4.69) is 22.6 Å². The molecule has 0 spiro atoms. The fourth-order valence-corrected chi connectivity index (χ4v) is 0.811. The van der Waals surface area contributed by atoms with Crippen LogP contribution in [0.5, 0.6) is 0 Å². The van der Waals surface area contributed by atoms with E-state index in [4.69, 9.17) is 9.47 Å². The number of esters is 2. The molecule has 0 bridgehead atoms. The van der Waals surface area contributed by atoms with Crippen LogP contribution >= 0.6 is 0 Å². The Morgan fingerprint density at radius 3 is 1.28 bits per heavy atom. The van der Waals surface area contributed by atoms with Crippen molar-refractivity contribution in [1.29, 1.82) is 0 Å². The van der Waals surface area contributed by atoms with Crippen LogP contribution in [0, 0.1) is 0 Å². The van der Waals surface area contributed by atoms with E-state index in [1.54, 1.807) is 0 Å². The van der Waals surface area contributed by atoms with Crippen molar-refractivity contribution in [3.8, 4) is 0 Å². The first-order valence-electron chi connectivity index (χ1n) is 5.55. The van der Waals surface area contributed by atoms with Crippen molar-refractivity contribution in [2.45, 2.75) is 13.8 Å². The quantitative estimate of drug-likeness (QED) is 0.350. The molecule has 0 N–H and O–H groups in total. The number of hydrogen-bond donors (Lipinski definition) is 0. The third-order valence-electron chi connectivity index (χ3n) is 1.44. The first-order valence-corrected chi connectivity index (χ1v) is 5.55. The maximum Gasteiger partial charge on any atom is 0.302 e. The van der Waals surface area contributed by atoms with Gasteiger partial charge in [0.15, 0.2) is 0 Å². The molecule has 0 heterocycles. The van der Waals surface area contributed by atoms with E-state index in [0.717, 1.165) is 0 Å². The van der Waals surface area contributed by atoms with Gasteiger partial charge < -0.3 is 18.9 Å². The summed E-state index contributed by atoms with van der Waals surface area (Å²) in [5.41, 5.74) is 0. The second-order valence-electron chi connectivity index (χ2n) is 2.90. The molecule has 0 aromatic carbocycles. The van der Waals surface area contributed by atoms with Crippen molar-refractivity contribution < 1.29 is 28.5 Å². The fourth-order valence-electron chi connectivity index (χ4n) is 0.811. The maximum atomic E-state index is 10.4. The zero-order chi connectivity index (χ0) is 14.2. The van der Waals surface area contributed by atoms with Crippen LogP contribution in [0.4, 0.5) is 0 Å². The lowest BCUT2D eigenvalue weighted by Gasteiger charge is -2.06. The van der Waals surface area contributed by atoms with E-state index in [1.807, 2.05) is 0 Å². The molecule has 0 rings (SSSR count). The van der Waals surface area contributed by atoms with Crippen molar-refractivity contribution in [3.05, 3.63) is 13.2 Å². The number of carbonyl (C=O) groups excluding carboxylic acids is 2. The van der Waals surface area contributed by atoms with Gasteiger partial charge in [0.2, 0.25) is 0 Å². The summed E-state index contributed by atoms with van der Waals surface area (Å²) in [6.07, 6.45) is 0. The van der Waals surface area contributed by atoms with Crippen LogP contribution in [0.3, 0.4) is 0 Å². The molecule has 0 amide bonds. The van der Waals surface area contributed by atoms with Gasteiger partial charge in [-0.15, -0.1) is 13.2 Å². The topological polar surface area (TPSA) is 71.1 Å². The van der Waals surface area contributed by atoms with E-state index in [9.17, 15) is 9.59 Å². The SMILES string of the molecule is C=C.CC(=O)OCCOCCOCCOC(C)=O. The number of hydrogen-bond acceptors (Lipinski definition) is 6. The summed E-state index contributed by atoms with van der Waals surface area (Å²) in [4.78, 5) is 20.7. The molecule has 0 aliphatic carbocycles. The van der Waals surface area contributed by atoms with Gasteiger partial charge >= 0.3 is 11.9 Å². The Balaban J connectivity index is 0.